The van der Waals surface area contributed by atoms with E-state index in [2.05, 4.69) is 4.98 Å². The third kappa shape index (κ3) is 2.84. The van der Waals surface area contributed by atoms with Crippen LogP contribution < -0.4 is 10.0 Å². The van der Waals surface area contributed by atoms with Crippen LogP contribution in [0.1, 0.15) is 11.1 Å². The average molecular weight is 431 g/mol. The molecular formula is C23H17N3O4S. The molecule has 3 N–H and O–H groups in total. The second kappa shape index (κ2) is 6.71. The maximum atomic E-state index is 13.7. The van der Waals surface area contributed by atoms with Gasteiger partial charge in [0.05, 0.1) is 16.3 Å². The number of sulfonamides is 1. The molecule has 8 heteroatoms. The highest BCUT2D eigenvalue weighted by Crippen LogP contribution is 2.48. The van der Waals surface area contributed by atoms with Crippen molar-refractivity contribution in [1.82, 2.24) is 4.98 Å². The van der Waals surface area contributed by atoms with E-state index in [-0.39, 0.29) is 10.5 Å². The maximum Gasteiger partial charge on any atom is 0.273 e. The summed E-state index contributed by atoms with van der Waals surface area (Å²) in [4.78, 5) is 19.3. The van der Waals surface area contributed by atoms with Gasteiger partial charge in [-0.1, -0.05) is 42.5 Å². The van der Waals surface area contributed by atoms with E-state index in [4.69, 9.17) is 5.14 Å². The highest BCUT2D eigenvalue weighted by atomic mass is 32.2. The Hall–Kier alpha value is -3.59. The molecule has 0 fully saturated rings. The van der Waals surface area contributed by atoms with Crippen molar-refractivity contribution < 1.29 is 18.3 Å². The first-order valence-corrected chi connectivity index (χ1v) is 11.0. The van der Waals surface area contributed by atoms with Gasteiger partial charge in [-0.2, -0.15) is 0 Å². The van der Waals surface area contributed by atoms with Crippen molar-refractivity contribution in [1.29, 1.82) is 0 Å². The van der Waals surface area contributed by atoms with Crippen molar-refractivity contribution >= 4 is 38.1 Å². The number of carbonyl (C=O) groups excluding carboxylic acids is 1. The van der Waals surface area contributed by atoms with Gasteiger partial charge in [0.15, 0.2) is 5.60 Å². The van der Waals surface area contributed by atoms with Gasteiger partial charge < -0.3 is 5.11 Å². The third-order valence-electron chi connectivity index (χ3n) is 5.55. The number of hydrogen-bond donors (Lipinski definition) is 2. The van der Waals surface area contributed by atoms with Gasteiger partial charge in [0.25, 0.3) is 5.91 Å². The molecule has 2 heterocycles. The van der Waals surface area contributed by atoms with Crippen LogP contribution in [0.2, 0.25) is 0 Å². The molecule has 0 aliphatic carbocycles. The third-order valence-corrected chi connectivity index (χ3v) is 6.48. The van der Waals surface area contributed by atoms with E-state index in [0.29, 0.717) is 16.9 Å². The topological polar surface area (TPSA) is 114 Å². The minimum Gasteiger partial charge on any atom is -0.372 e. The number of anilines is 2. The lowest BCUT2D eigenvalue weighted by Gasteiger charge is -2.24. The summed E-state index contributed by atoms with van der Waals surface area (Å²) in [5, 5.41) is 18.5. The minimum absolute atomic E-state index is 0.100. The molecule has 5 rings (SSSR count). The summed E-state index contributed by atoms with van der Waals surface area (Å²) < 4.78 is 23.2. The Morgan fingerprint density at radius 2 is 1.61 bits per heavy atom. The second-order valence-electron chi connectivity index (χ2n) is 7.31. The molecule has 3 aromatic carbocycles. The van der Waals surface area contributed by atoms with Gasteiger partial charge in [-0.3, -0.25) is 14.7 Å². The summed E-state index contributed by atoms with van der Waals surface area (Å²) in [6, 6.07) is 19.7. The van der Waals surface area contributed by atoms with E-state index in [9.17, 15) is 18.3 Å². The number of benzene rings is 3. The normalized spacial score (nSPS) is 18.4. The predicted octanol–water partition coefficient (Wildman–Crippen LogP) is 2.80. The van der Waals surface area contributed by atoms with Crippen molar-refractivity contribution in [2.24, 2.45) is 5.14 Å². The highest BCUT2D eigenvalue weighted by Gasteiger charge is 2.51. The van der Waals surface area contributed by atoms with Gasteiger partial charge in [-0.15, -0.1) is 0 Å². The highest BCUT2D eigenvalue weighted by molar-refractivity contribution is 7.89. The molecule has 1 aliphatic heterocycles. The van der Waals surface area contributed by atoms with E-state index in [1.807, 2.05) is 24.3 Å². The Bertz CT molecular complexity index is 1450. The van der Waals surface area contributed by atoms with Gasteiger partial charge in [0.1, 0.15) is 0 Å². The summed E-state index contributed by atoms with van der Waals surface area (Å²) >= 11 is 0. The quantitative estimate of drug-likeness (QED) is 0.518. The first kappa shape index (κ1) is 19.4. The number of nitrogens with two attached hydrogens (primary N) is 1. The van der Waals surface area contributed by atoms with E-state index < -0.39 is 21.5 Å². The Balaban J connectivity index is 1.72. The Kier molecular flexibility index (Phi) is 4.19. The number of primary sulfonamides is 1. The molecular weight excluding hydrogens is 414 g/mol. The van der Waals surface area contributed by atoms with Crippen LogP contribution in [0.25, 0.3) is 10.8 Å². The fourth-order valence-corrected chi connectivity index (χ4v) is 4.58. The number of hydrogen-bond acceptors (Lipinski definition) is 5. The Morgan fingerprint density at radius 3 is 2.35 bits per heavy atom. The number of aromatic nitrogens is 1. The molecule has 1 unspecified atom stereocenters. The monoisotopic (exact) mass is 431 g/mol. The van der Waals surface area contributed by atoms with Crippen LogP contribution in [-0.2, 0) is 20.4 Å². The number of carbonyl (C=O) groups is 1. The molecule has 0 saturated carbocycles. The molecule has 1 amide bonds. The molecule has 1 aromatic heterocycles. The van der Waals surface area contributed by atoms with Gasteiger partial charge in [-0.25, -0.2) is 13.6 Å². The summed E-state index contributed by atoms with van der Waals surface area (Å²) in [7, 11) is -3.90. The lowest BCUT2D eigenvalue weighted by atomic mass is 9.87. The minimum atomic E-state index is -3.90. The molecule has 0 spiro atoms. The zero-order chi connectivity index (χ0) is 21.8. The van der Waals surface area contributed by atoms with Crippen LogP contribution in [0.5, 0.6) is 0 Å². The molecule has 0 radical (unpaired) electrons. The first-order chi connectivity index (χ1) is 14.8. The van der Waals surface area contributed by atoms with Gasteiger partial charge >= 0.3 is 0 Å². The fourth-order valence-electron chi connectivity index (χ4n) is 4.07. The van der Waals surface area contributed by atoms with Crippen molar-refractivity contribution in [2.75, 3.05) is 4.90 Å². The van der Waals surface area contributed by atoms with Crippen molar-refractivity contribution in [3.8, 4) is 0 Å². The largest absolute Gasteiger partial charge is 0.372 e. The van der Waals surface area contributed by atoms with Crippen molar-refractivity contribution in [2.45, 2.75) is 10.5 Å². The molecule has 7 nitrogen and oxygen atoms in total. The standard InChI is InChI=1S/C23H17N3O4S/c24-31(29,30)17-10-8-16(9-11-17)23(28)19-5-1-2-6-21(19)26(22(23)27)20-7-3-4-15-14-25-13-12-18(15)20/h1-14,28H,(H2,24,29,30). The van der Waals surface area contributed by atoms with Crippen LogP contribution in [0.15, 0.2) is 90.1 Å². The Morgan fingerprint density at radius 1 is 0.903 bits per heavy atom. The van der Waals surface area contributed by atoms with E-state index in [1.54, 1.807) is 36.7 Å². The number of fused-ring (bicyclic) bond motifs is 2. The van der Waals surface area contributed by atoms with Crippen LogP contribution in [0.3, 0.4) is 0 Å². The summed E-state index contributed by atoms with van der Waals surface area (Å²) in [6.07, 6.45) is 3.36. The molecule has 154 valence electrons. The summed E-state index contributed by atoms with van der Waals surface area (Å²) in [6.45, 7) is 0. The number of para-hydroxylation sites is 1. The van der Waals surface area contributed by atoms with Crippen LogP contribution in [0.4, 0.5) is 11.4 Å². The van der Waals surface area contributed by atoms with Crippen molar-refractivity contribution in [3.05, 3.63) is 96.3 Å². The number of pyridine rings is 1. The molecule has 0 bridgehead atoms. The van der Waals surface area contributed by atoms with E-state index in [1.165, 1.54) is 29.2 Å². The van der Waals surface area contributed by atoms with Gasteiger partial charge in [0.2, 0.25) is 10.0 Å². The fraction of sp³-hybridized carbons (Fsp3) is 0.0435. The van der Waals surface area contributed by atoms with E-state index >= 15 is 0 Å². The lowest BCUT2D eigenvalue weighted by Crippen LogP contribution is -2.39. The summed E-state index contributed by atoms with van der Waals surface area (Å²) in [5.74, 6) is -0.554. The van der Waals surface area contributed by atoms with Crippen LogP contribution in [-0.4, -0.2) is 24.4 Å². The molecule has 0 saturated heterocycles. The molecule has 1 atom stereocenters. The number of nitrogens with zero attached hydrogens (tertiary/aromatic N) is 2. The van der Waals surface area contributed by atoms with Gasteiger partial charge in [0, 0.05) is 28.7 Å². The Labute approximate surface area is 178 Å². The smallest absolute Gasteiger partial charge is 0.273 e. The first-order valence-electron chi connectivity index (χ1n) is 9.44. The SMILES string of the molecule is NS(=O)(=O)c1ccc(C2(O)C(=O)N(c3cccc4cnccc34)c3ccccc32)cc1. The van der Waals surface area contributed by atoms with Crippen molar-refractivity contribution in [3.63, 3.8) is 0 Å². The van der Waals surface area contributed by atoms with Crippen LogP contribution in [0, 0.1) is 0 Å². The number of amides is 1. The second-order valence-corrected chi connectivity index (χ2v) is 8.87. The number of rotatable bonds is 3. The summed E-state index contributed by atoms with van der Waals surface area (Å²) in [5.41, 5.74) is -0.150. The zero-order valence-electron chi connectivity index (χ0n) is 16.1. The molecule has 31 heavy (non-hydrogen) atoms. The molecule has 4 aromatic rings. The predicted molar refractivity (Wildman–Crippen MR) is 116 cm³/mol. The average Bonchev–Trinajstić information content (AvgIpc) is 3.01. The lowest BCUT2D eigenvalue weighted by molar-refractivity contribution is -0.131. The zero-order valence-corrected chi connectivity index (χ0v) is 17.0. The molecule has 1 aliphatic rings. The van der Waals surface area contributed by atoms with Crippen LogP contribution >= 0.6 is 0 Å². The van der Waals surface area contributed by atoms with E-state index in [0.717, 1.165) is 10.8 Å². The number of aliphatic hydroxyl groups is 1. The van der Waals surface area contributed by atoms with Gasteiger partial charge in [-0.05, 0) is 35.9 Å². The maximum absolute atomic E-state index is 13.7.